The zero-order chi connectivity index (χ0) is 18.4. The smallest absolute Gasteiger partial charge is 0.290 e. The number of furan rings is 1. The van der Waals surface area contributed by atoms with Crippen molar-refractivity contribution in [2.75, 3.05) is 11.9 Å². The van der Waals surface area contributed by atoms with Gasteiger partial charge in [-0.15, -0.1) is 0 Å². The highest BCUT2D eigenvalue weighted by atomic mass is 16.3. The average molecular weight is 354 g/mol. The minimum Gasteiger partial charge on any atom is -0.459 e. The Morgan fingerprint density at radius 1 is 1.19 bits per heavy atom. The van der Waals surface area contributed by atoms with Crippen molar-refractivity contribution < 1.29 is 14.0 Å². The van der Waals surface area contributed by atoms with E-state index in [4.69, 9.17) is 4.42 Å². The number of nitrogens with zero attached hydrogens (tertiary/aromatic N) is 1. The van der Waals surface area contributed by atoms with Gasteiger partial charge in [0.2, 0.25) is 5.91 Å². The number of likely N-dealkylation sites (tertiary alicyclic amines) is 1. The Morgan fingerprint density at radius 2 is 2.00 bits per heavy atom. The van der Waals surface area contributed by atoms with Gasteiger partial charge in [0.05, 0.1) is 6.26 Å². The lowest BCUT2D eigenvalue weighted by Crippen LogP contribution is -2.43. The Bertz CT molecular complexity index is 722. The van der Waals surface area contributed by atoms with Crippen LogP contribution in [0.15, 0.2) is 47.1 Å². The standard InChI is InChI=1S/C21H26N2O3/c1-2-3-4-7-16-10-12-17(13-11-16)22-20(24)18-8-5-14-23(18)21(25)19-9-6-15-26-19/h6,9-13,15,18H,2-5,7-8,14H2,1H3,(H,22,24)/t18-/m1/s1. The maximum absolute atomic E-state index is 12.7. The Balaban J connectivity index is 1.59. The van der Waals surface area contributed by atoms with E-state index in [9.17, 15) is 9.59 Å². The average Bonchev–Trinajstić information content (AvgIpc) is 3.35. The monoisotopic (exact) mass is 354 g/mol. The Kier molecular flexibility index (Phi) is 6.10. The largest absolute Gasteiger partial charge is 0.459 e. The summed E-state index contributed by atoms with van der Waals surface area (Å²) >= 11 is 0. The summed E-state index contributed by atoms with van der Waals surface area (Å²) in [6.07, 6.45) is 7.67. The lowest BCUT2D eigenvalue weighted by molar-refractivity contribution is -0.119. The predicted octanol–water partition coefficient (Wildman–Crippen LogP) is 4.26. The number of amides is 2. The number of carbonyl (C=O) groups is 2. The number of benzene rings is 1. The second-order valence-corrected chi connectivity index (χ2v) is 6.78. The number of aryl methyl sites for hydroxylation is 1. The molecule has 1 fully saturated rings. The summed E-state index contributed by atoms with van der Waals surface area (Å²) in [6.45, 7) is 2.77. The molecule has 138 valence electrons. The first-order chi connectivity index (χ1) is 12.7. The normalized spacial score (nSPS) is 16.7. The maximum atomic E-state index is 12.7. The molecule has 2 amide bonds. The highest BCUT2D eigenvalue weighted by Crippen LogP contribution is 2.22. The molecular weight excluding hydrogens is 328 g/mol. The molecule has 26 heavy (non-hydrogen) atoms. The van der Waals surface area contributed by atoms with Crippen LogP contribution in [0.25, 0.3) is 0 Å². The van der Waals surface area contributed by atoms with Gasteiger partial charge in [-0.05, 0) is 55.5 Å². The first-order valence-electron chi connectivity index (χ1n) is 9.43. The molecule has 5 heteroatoms. The van der Waals surface area contributed by atoms with Crippen molar-refractivity contribution in [3.63, 3.8) is 0 Å². The van der Waals surface area contributed by atoms with Crippen LogP contribution in [0, 0.1) is 0 Å². The van der Waals surface area contributed by atoms with Crippen molar-refractivity contribution in [1.29, 1.82) is 0 Å². The van der Waals surface area contributed by atoms with Crippen LogP contribution in [0.2, 0.25) is 0 Å². The van der Waals surface area contributed by atoms with Gasteiger partial charge in [0.1, 0.15) is 6.04 Å². The van der Waals surface area contributed by atoms with Gasteiger partial charge in [-0.2, -0.15) is 0 Å². The number of unbranched alkanes of at least 4 members (excludes halogenated alkanes) is 2. The quantitative estimate of drug-likeness (QED) is 0.756. The number of anilines is 1. The number of carbonyl (C=O) groups excluding carboxylic acids is 2. The van der Waals surface area contributed by atoms with Crippen LogP contribution in [0.5, 0.6) is 0 Å². The Hall–Kier alpha value is -2.56. The van der Waals surface area contributed by atoms with Gasteiger partial charge in [-0.25, -0.2) is 0 Å². The Labute approximate surface area is 154 Å². The topological polar surface area (TPSA) is 62.6 Å². The van der Waals surface area contributed by atoms with Crippen LogP contribution >= 0.6 is 0 Å². The molecule has 2 aromatic rings. The summed E-state index contributed by atoms with van der Waals surface area (Å²) in [6, 6.07) is 10.9. The van der Waals surface area contributed by atoms with Gasteiger partial charge in [-0.3, -0.25) is 9.59 Å². The van der Waals surface area contributed by atoms with Gasteiger partial charge in [0, 0.05) is 12.2 Å². The van der Waals surface area contributed by atoms with Crippen molar-refractivity contribution in [2.24, 2.45) is 0 Å². The minimum atomic E-state index is -0.447. The third kappa shape index (κ3) is 4.34. The van der Waals surface area contributed by atoms with E-state index in [0.29, 0.717) is 13.0 Å². The maximum Gasteiger partial charge on any atom is 0.290 e. The third-order valence-corrected chi connectivity index (χ3v) is 4.84. The van der Waals surface area contributed by atoms with Gasteiger partial charge in [0.25, 0.3) is 5.91 Å². The van der Waals surface area contributed by atoms with Crippen LogP contribution < -0.4 is 5.32 Å². The van der Waals surface area contributed by atoms with Crippen molar-refractivity contribution in [3.05, 3.63) is 54.0 Å². The van der Waals surface area contributed by atoms with Crippen molar-refractivity contribution >= 4 is 17.5 Å². The molecule has 0 spiro atoms. The van der Waals surface area contributed by atoms with Crippen LogP contribution in [-0.2, 0) is 11.2 Å². The van der Waals surface area contributed by atoms with E-state index in [1.54, 1.807) is 17.0 Å². The zero-order valence-corrected chi connectivity index (χ0v) is 15.2. The second kappa shape index (κ2) is 8.70. The number of rotatable bonds is 7. The van der Waals surface area contributed by atoms with Crippen molar-refractivity contribution in [2.45, 2.75) is 51.5 Å². The minimum absolute atomic E-state index is 0.138. The Morgan fingerprint density at radius 3 is 2.69 bits per heavy atom. The molecule has 2 heterocycles. The molecule has 1 aromatic carbocycles. The molecule has 5 nitrogen and oxygen atoms in total. The van der Waals surface area contributed by atoms with Crippen LogP contribution in [0.3, 0.4) is 0 Å². The summed E-state index contributed by atoms with van der Waals surface area (Å²) < 4.78 is 5.18. The van der Waals surface area contributed by atoms with Gasteiger partial charge < -0.3 is 14.6 Å². The molecule has 0 radical (unpaired) electrons. The molecule has 1 N–H and O–H groups in total. The van der Waals surface area contributed by atoms with E-state index in [1.807, 2.05) is 12.1 Å². The molecule has 0 bridgehead atoms. The zero-order valence-electron chi connectivity index (χ0n) is 15.2. The molecule has 0 aliphatic carbocycles. The first kappa shape index (κ1) is 18.2. The third-order valence-electron chi connectivity index (χ3n) is 4.84. The van der Waals surface area contributed by atoms with Crippen LogP contribution in [0.1, 0.15) is 55.1 Å². The molecule has 3 rings (SSSR count). The van der Waals surface area contributed by atoms with Gasteiger partial charge in [-0.1, -0.05) is 31.9 Å². The summed E-state index contributed by atoms with van der Waals surface area (Å²) in [5.74, 6) is -0.0822. The SMILES string of the molecule is CCCCCc1ccc(NC(=O)[C@H]2CCCN2C(=O)c2ccco2)cc1. The summed E-state index contributed by atoms with van der Waals surface area (Å²) in [4.78, 5) is 26.8. The fourth-order valence-corrected chi connectivity index (χ4v) is 3.38. The molecule has 1 aliphatic rings. The summed E-state index contributed by atoms with van der Waals surface area (Å²) in [7, 11) is 0. The first-order valence-corrected chi connectivity index (χ1v) is 9.43. The molecule has 1 aromatic heterocycles. The van der Waals surface area contributed by atoms with Crippen molar-refractivity contribution in [1.82, 2.24) is 4.90 Å². The van der Waals surface area contributed by atoms with E-state index in [0.717, 1.165) is 18.5 Å². The number of hydrogen-bond acceptors (Lipinski definition) is 3. The predicted molar refractivity (Wildman–Crippen MR) is 101 cm³/mol. The second-order valence-electron chi connectivity index (χ2n) is 6.78. The molecule has 1 aliphatic heterocycles. The highest BCUT2D eigenvalue weighted by molar-refractivity contribution is 6.00. The molecule has 0 unspecified atom stereocenters. The van der Waals surface area contributed by atoms with Crippen LogP contribution in [-0.4, -0.2) is 29.3 Å². The van der Waals surface area contributed by atoms with E-state index in [2.05, 4.69) is 24.4 Å². The number of hydrogen-bond donors (Lipinski definition) is 1. The van der Waals surface area contributed by atoms with Crippen molar-refractivity contribution in [3.8, 4) is 0 Å². The lowest BCUT2D eigenvalue weighted by Gasteiger charge is -2.23. The number of nitrogens with one attached hydrogen (secondary N) is 1. The van der Waals surface area contributed by atoms with E-state index >= 15 is 0 Å². The molecule has 1 atom stereocenters. The molecule has 0 saturated carbocycles. The van der Waals surface area contributed by atoms with Gasteiger partial charge in [0.15, 0.2) is 5.76 Å². The fourth-order valence-electron chi connectivity index (χ4n) is 3.38. The van der Waals surface area contributed by atoms with E-state index in [1.165, 1.54) is 31.1 Å². The lowest BCUT2D eigenvalue weighted by atomic mass is 10.1. The van der Waals surface area contributed by atoms with E-state index < -0.39 is 6.04 Å². The fraction of sp³-hybridized carbons (Fsp3) is 0.429. The summed E-state index contributed by atoms with van der Waals surface area (Å²) in [5, 5.41) is 2.95. The molecular formula is C21H26N2O3. The molecule has 1 saturated heterocycles. The highest BCUT2D eigenvalue weighted by Gasteiger charge is 2.35. The van der Waals surface area contributed by atoms with Crippen LogP contribution in [0.4, 0.5) is 5.69 Å². The van der Waals surface area contributed by atoms with Gasteiger partial charge >= 0.3 is 0 Å². The summed E-state index contributed by atoms with van der Waals surface area (Å²) in [5.41, 5.74) is 2.05. The van der Waals surface area contributed by atoms with E-state index in [-0.39, 0.29) is 17.6 Å².